The van der Waals surface area contributed by atoms with E-state index in [0.717, 1.165) is 28.2 Å². The van der Waals surface area contributed by atoms with Crippen molar-refractivity contribution < 1.29 is 14.3 Å². The molecule has 1 atom stereocenters. The first-order valence-corrected chi connectivity index (χ1v) is 8.58. The quantitative estimate of drug-likeness (QED) is 0.813. The average molecular weight is 341 g/mol. The summed E-state index contributed by atoms with van der Waals surface area (Å²) in [6.07, 6.45) is 0. The molecule has 0 aliphatic rings. The Morgan fingerprint density at radius 2 is 1.76 bits per heavy atom. The molecule has 0 aromatic heterocycles. The maximum Gasteiger partial charge on any atom is 0.258 e. The van der Waals surface area contributed by atoms with Gasteiger partial charge < -0.3 is 14.8 Å². The standard InChI is InChI=1S/C21H27NO3/c1-14(2)17-11-10-15(3)12-20(17)25-13-21(23)22-16(4)18-8-6-7-9-19(18)24-5/h6-12,14,16H,13H2,1-5H3,(H,22,23)/t16-/m1/s1. The zero-order valence-electron chi connectivity index (χ0n) is 15.6. The monoisotopic (exact) mass is 341 g/mol. The van der Waals surface area contributed by atoms with Crippen LogP contribution in [0.3, 0.4) is 0 Å². The number of carbonyl (C=O) groups is 1. The Labute approximate surface area is 150 Å². The number of aryl methyl sites for hydroxylation is 1. The van der Waals surface area contributed by atoms with Crippen molar-refractivity contribution >= 4 is 5.91 Å². The topological polar surface area (TPSA) is 47.6 Å². The van der Waals surface area contributed by atoms with E-state index in [-0.39, 0.29) is 18.6 Å². The van der Waals surface area contributed by atoms with E-state index in [1.807, 2.05) is 44.2 Å². The summed E-state index contributed by atoms with van der Waals surface area (Å²) in [4.78, 5) is 12.3. The van der Waals surface area contributed by atoms with Crippen molar-refractivity contribution in [3.8, 4) is 11.5 Å². The molecular formula is C21H27NO3. The van der Waals surface area contributed by atoms with E-state index in [0.29, 0.717) is 5.92 Å². The molecule has 0 saturated carbocycles. The molecule has 134 valence electrons. The van der Waals surface area contributed by atoms with E-state index in [2.05, 4.69) is 31.3 Å². The van der Waals surface area contributed by atoms with Gasteiger partial charge >= 0.3 is 0 Å². The van der Waals surface area contributed by atoms with Crippen LogP contribution >= 0.6 is 0 Å². The van der Waals surface area contributed by atoms with Gasteiger partial charge in [0.2, 0.25) is 0 Å². The molecule has 0 radical (unpaired) electrons. The normalized spacial score (nSPS) is 11.9. The lowest BCUT2D eigenvalue weighted by atomic mass is 10.0. The van der Waals surface area contributed by atoms with Crippen LogP contribution in [0.5, 0.6) is 11.5 Å². The lowest BCUT2D eigenvalue weighted by Crippen LogP contribution is -2.31. The lowest BCUT2D eigenvalue weighted by molar-refractivity contribution is -0.123. The van der Waals surface area contributed by atoms with Crippen LogP contribution in [-0.4, -0.2) is 19.6 Å². The highest BCUT2D eigenvalue weighted by Crippen LogP contribution is 2.28. The number of hydrogen-bond acceptors (Lipinski definition) is 3. The van der Waals surface area contributed by atoms with Crippen LogP contribution in [0.15, 0.2) is 42.5 Å². The van der Waals surface area contributed by atoms with E-state index >= 15 is 0 Å². The second-order valence-electron chi connectivity index (χ2n) is 6.52. The number of ether oxygens (including phenoxy) is 2. The third-order valence-corrected chi connectivity index (χ3v) is 4.13. The van der Waals surface area contributed by atoms with Gasteiger partial charge in [0.15, 0.2) is 6.61 Å². The molecule has 1 N–H and O–H groups in total. The van der Waals surface area contributed by atoms with Gasteiger partial charge in [0.1, 0.15) is 11.5 Å². The first-order valence-electron chi connectivity index (χ1n) is 8.58. The average Bonchev–Trinajstić information content (AvgIpc) is 2.59. The molecule has 2 rings (SSSR count). The summed E-state index contributed by atoms with van der Waals surface area (Å²) in [5, 5.41) is 2.96. The third-order valence-electron chi connectivity index (χ3n) is 4.13. The van der Waals surface area contributed by atoms with E-state index in [9.17, 15) is 4.79 Å². The summed E-state index contributed by atoms with van der Waals surface area (Å²) in [5.41, 5.74) is 3.16. The number of hydrogen-bond donors (Lipinski definition) is 1. The number of nitrogens with one attached hydrogen (secondary N) is 1. The molecule has 2 aromatic rings. The number of methoxy groups -OCH3 is 1. The van der Waals surface area contributed by atoms with Gasteiger partial charge in [0, 0.05) is 5.56 Å². The lowest BCUT2D eigenvalue weighted by Gasteiger charge is -2.18. The van der Waals surface area contributed by atoms with Crippen LogP contribution in [0.2, 0.25) is 0 Å². The van der Waals surface area contributed by atoms with Gasteiger partial charge in [-0.1, -0.05) is 44.2 Å². The minimum Gasteiger partial charge on any atom is -0.496 e. The Bertz CT molecular complexity index is 725. The molecule has 25 heavy (non-hydrogen) atoms. The maximum absolute atomic E-state index is 12.3. The van der Waals surface area contributed by atoms with Gasteiger partial charge in [-0.05, 0) is 43.0 Å². The van der Waals surface area contributed by atoms with Crippen molar-refractivity contribution in [3.63, 3.8) is 0 Å². The molecular weight excluding hydrogens is 314 g/mol. The summed E-state index contributed by atoms with van der Waals surface area (Å²) in [7, 11) is 1.63. The first kappa shape index (κ1) is 18.8. The first-order chi connectivity index (χ1) is 11.9. The van der Waals surface area contributed by atoms with Crippen LogP contribution in [-0.2, 0) is 4.79 Å². The highest BCUT2D eigenvalue weighted by atomic mass is 16.5. The van der Waals surface area contributed by atoms with E-state index in [4.69, 9.17) is 9.47 Å². The summed E-state index contributed by atoms with van der Waals surface area (Å²) < 4.78 is 11.1. The zero-order chi connectivity index (χ0) is 18.4. The Kier molecular flexibility index (Phi) is 6.45. The predicted molar refractivity (Wildman–Crippen MR) is 100 cm³/mol. The van der Waals surface area contributed by atoms with Gasteiger partial charge in [-0.2, -0.15) is 0 Å². The summed E-state index contributed by atoms with van der Waals surface area (Å²) in [6.45, 7) is 8.16. The van der Waals surface area contributed by atoms with Gasteiger partial charge in [-0.15, -0.1) is 0 Å². The second kappa shape index (κ2) is 8.56. The van der Waals surface area contributed by atoms with Crippen molar-refractivity contribution in [2.45, 2.75) is 39.7 Å². The Morgan fingerprint density at radius 3 is 2.44 bits per heavy atom. The highest BCUT2D eigenvalue weighted by molar-refractivity contribution is 5.78. The molecule has 0 fully saturated rings. The van der Waals surface area contributed by atoms with Crippen LogP contribution in [0.1, 0.15) is 49.4 Å². The molecule has 0 aliphatic heterocycles. The molecule has 0 saturated heterocycles. The van der Waals surface area contributed by atoms with Gasteiger partial charge in [-0.25, -0.2) is 0 Å². The largest absolute Gasteiger partial charge is 0.496 e. The Morgan fingerprint density at radius 1 is 1.04 bits per heavy atom. The fourth-order valence-electron chi connectivity index (χ4n) is 2.77. The molecule has 0 heterocycles. The van der Waals surface area contributed by atoms with Gasteiger partial charge in [-0.3, -0.25) is 4.79 Å². The highest BCUT2D eigenvalue weighted by Gasteiger charge is 2.15. The molecule has 4 nitrogen and oxygen atoms in total. The molecule has 0 aliphatic carbocycles. The zero-order valence-corrected chi connectivity index (χ0v) is 15.6. The van der Waals surface area contributed by atoms with Gasteiger partial charge in [0.05, 0.1) is 13.2 Å². The van der Waals surface area contributed by atoms with E-state index in [1.165, 1.54) is 0 Å². The fraction of sp³-hybridized carbons (Fsp3) is 0.381. The number of rotatable bonds is 7. The number of benzene rings is 2. The molecule has 2 aromatic carbocycles. The predicted octanol–water partition coefficient (Wildman–Crippen LogP) is 4.38. The van der Waals surface area contributed by atoms with E-state index in [1.54, 1.807) is 7.11 Å². The van der Waals surface area contributed by atoms with Crippen LogP contribution < -0.4 is 14.8 Å². The molecule has 0 spiro atoms. The maximum atomic E-state index is 12.3. The van der Waals surface area contributed by atoms with E-state index < -0.39 is 0 Å². The number of para-hydroxylation sites is 1. The van der Waals surface area contributed by atoms with Crippen LogP contribution in [0.25, 0.3) is 0 Å². The van der Waals surface area contributed by atoms with Crippen molar-refractivity contribution in [1.82, 2.24) is 5.32 Å². The van der Waals surface area contributed by atoms with Gasteiger partial charge in [0.25, 0.3) is 5.91 Å². The molecule has 0 unspecified atom stereocenters. The Balaban J connectivity index is 2.00. The SMILES string of the molecule is COc1ccccc1[C@@H](C)NC(=O)COc1cc(C)ccc1C(C)C. The molecule has 1 amide bonds. The number of amides is 1. The minimum atomic E-state index is -0.158. The molecule has 0 bridgehead atoms. The fourth-order valence-corrected chi connectivity index (χ4v) is 2.77. The van der Waals surface area contributed by atoms with Crippen LogP contribution in [0, 0.1) is 6.92 Å². The summed E-state index contributed by atoms with van der Waals surface area (Å²) in [5.74, 6) is 1.72. The number of carbonyl (C=O) groups excluding carboxylic acids is 1. The van der Waals surface area contributed by atoms with Crippen molar-refractivity contribution in [2.24, 2.45) is 0 Å². The van der Waals surface area contributed by atoms with Crippen molar-refractivity contribution in [1.29, 1.82) is 0 Å². The minimum absolute atomic E-state index is 0.0112. The van der Waals surface area contributed by atoms with Crippen molar-refractivity contribution in [3.05, 3.63) is 59.2 Å². The smallest absolute Gasteiger partial charge is 0.258 e. The summed E-state index contributed by atoms with van der Waals surface area (Å²) >= 11 is 0. The Hall–Kier alpha value is -2.49. The van der Waals surface area contributed by atoms with Crippen LogP contribution in [0.4, 0.5) is 0 Å². The third kappa shape index (κ3) is 4.99. The van der Waals surface area contributed by atoms with Crippen molar-refractivity contribution in [2.75, 3.05) is 13.7 Å². The second-order valence-corrected chi connectivity index (χ2v) is 6.52. The summed E-state index contributed by atoms with van der Waals surface area (Å²) in [6, 6.07) is 13.6. The molecule has 4 heteroatoms.